The highest BCUT2D eigenvalue weighted by Crippen LogP contribution is 2.44. The maximum absolute atomic E-state index is 14.6. The van der Waals surface area contributed by atoms with Gasteiger partial charge in [0.25, 0.3) is 0 Å². The molecule has 4 heterocycles. The number of aromatic nitrogens is 6. The largest absolute Gasteiger partial charge is 0.340 e. The molecule has 5 rings (SSSR count). The lowest BCUT2D eigenvalue weighted by Gasteiger charge is -2.16. The predicted octanol–water partition coefficient (Wildman–Crippen LogP) is 2.90. The van der Waals surface area contributed by atoms with Gasteiger partial charge in [0.1, 0.15) is 29.3 Å². The Hall–Kier alpha value is -3.34. The minimum atomic E-state index is -0.673. The van der Waals surface area contributed by atoms with E-state index in [1.54, 1.807) is 6.92 Å². The molecule has 1 atom stereocenters. The summed E-state index contributed by atoms with van der Waals surface area (Å²) in [5, 5.41) is 6.85. The molecule has 29 heavy (non-hydrogen) atoms. The van der Waals surface area contributed by atoms with Gasteiger partial charge in [0, 0.05) is 17.2 Å². The lowest BCUT2D eigenvalue weighted by Crippen LogP contribution is -2.16. The molecule has 2 N–H and O–H groups in total. The summed E-state index contributed by atoms with van der Waals surface area (Å²) < 4.78 is 29.5. The van der Waals surface area contributed by atoms with Crippen LogP contribution in [0.15, 0.2) is 30.9 Å². The number of fused-ring (bicyclic) bond motifs is 2. The van der Waals surface area contributed by atoms with Crippen molar-refractivity contribution in [3.05, 3.63) is 59.3 Å². The highest BCUT2D eigenvalue weighted by Gasteiger charge is 2.32. The summed E-state index contributed by atoms with van der Waals surface area (Å²) in [5.74, 6) is -0.679. The lowest BCUT2D eigenvalue weighted by atomic mass is 10.0. The molecule has 146 valence electrons. The maximum Gasteiger partial charge on any atom is 0.235 e. The molecule has 0 saturated heterocycles. The van der Waals surface area contributed by atoms with Gasteiger partial charge in [-0.3, -0.25) is 4.79 Å². The third-order valence-electron chi connectivity index (χ3n) is 4.66. The van der Waals surface area contributed by atoms with Crippen molar-refractivity contribution in [3.63, 3.8) is 0 Å². The molecule has 1 unspecified atom stereocenters. The maximum atomic E-state index is 14.6. The third-order valence-corrected chi connectivity index (χ3v) is 5.91. The molecule has 0 bridgehead atoms. The van der Waals surface area contributed by atoms with Gasteiger partial charge in [0.05, 0.1) is 23.0 Å². The Morgan fingerprint density at radius 2 is 2.10 bits per heavy atom. The number of carbonyl (C=O) groups excluding carboxylic acids is 1. The number of thioether (sulfide) groups is 1. The average Bonchev–Trinajstić information content (AvgIpc) is 3.24. The Labute approximate surface area is 166 Å². The molecule has 0 spiro atoms. The summed E-state index contributed by atoms with van der Waals surface area (Å²) in [5.41, 5.74) is 2.51. The van der Waals surface area contributed by atoms with E-state index >= 15 is 0 Å². The van der Waals surface area contributed by atoms with Gasteiger partial charge in [-0.15, -0.1) is 11.8 Å². The van der Waals surface area contributed by atoms with Crippen LogP contribution >= 0.6 is 11.8 Å². The third kappa shape index (κ3) is 2.85. The van der Waals surface area contributed by atoms with Gasteiger partial charge in [0.15, 0.2) is 11.5 Å². The Morgan fingerprint density at radius 1 is 1.24 bits per heavy atom. The molecule has 3 aromatic heterocycles. The fourth-order valence-corrected chi connectivity index (χ4v) is 4.62. The molecule has 11 heteroatoms. The molecule has 0 radical (unpaired) electrons. The second-order valence-electron chi connectivity index (χ2n) is 6.46. The monoisotopic (exact) mass is 413 g/mol. The van der Waals surface area contributed by atoms with Gasteiger partial charge >= 0.3 is 0 Å². The minimum Gasteiger partial charge on any atom is -0.340 e. The zero-order chi connectivity index (χ0) is 20.1. The number of imidazole rings is 1. The van der Waals surface area contributed by atoms with E-state index in [0.717, 1.165) is 6.07 Å². The Balaban J connectivity index is 1.74. The van der Waals surface area contributed by atoms with Crippen LogP contribution in [0.4, 0.5) is 14.6 Å². The van der Waals surface area contributed by atoms with Crippen LogP contribution in [-0.4, -0.2) is 41.4 Å². The van der Waals surface area contributed by atoms with E-state index < -0.39 is 16.9 Å². The van der Waals surface area contributed by atoms with Crippen LogP contribution in [0.2, 0.25) is 0 Å². The molecule has 0 fully saturated rings. The predicted molar refractivity (Wildman–Crippen MR) is 103 cm³/mol. The van der Waals surface area contributed by atoms with E-state index in [1.165, 1.54) is 41.2 Å². The van der Waals surface area contributed by atoms with Gasteiger partial charge in [-0.2, -0.15) is 9.78 Å². The molecule has 1 aromatic carbocycles. The van der Waals surface area contributed by atoms with E-state index in [1.807, 2.05) is 0 Å². The van der Waals surface area contributed by atoms with E-state index in [4.69, 9.17) is 0 Å². The summed E-state index contributed by atoms with van der Waals surface area (Å²) in [6, 6.07) is 3.45. The number of rotatable bonds is 2. The molecule has 4 aromatic rings. The first kappa shape index (κ1) is 17.7. The van der Waals surface area contributed by atoms with Crippen molar-refractivity contribution in [3.8, 4) is 5.82 Å². The van der Waals surface area contributed by atoms with Crippen LogP contribution in [-0.2, 0) is 4.79 Å². The van der Waals surface area contributed by atoms with Crippen LogP contribution in [0.5, 0.6) is 0 Å². The molecule has 1 aliphatic rings. The summed E-state index contributed by atoms with van der Waals surface area (Å²) >= 11 is 1.26. The second-order valence-corrected chi connectivity index (χ2v) is 7.56. The number of anilines is 1. The fraction of sp³-hybridized carbons (Fsp3) is 0.167. The molecule has 8 nitrogen and oxygen atoms in total. The normalized spacial score (nSPS) is 16.5. The number of H-pyrrole nitrogens is 1. The summed E-state index contributed by atoms with van der Waals surface area (Å²) in [7, 11) is 0. The van der Waals surface area contributed by atoms with E-state index in [2.05, 4.69) is 30.4 Å². The Bertz CT molecular complexity index is 1270. The molecule has 0 aliphatic carbocycles. The van der Waals surface area contributed by atoms with Crippen molar-refractivity contribution in [2.75, 3.05) is 11.1 Å². The number of benzene rings is 1. The summed E-state index contributed by atoms with van der Waals surface area (Å²) in [6.07, 6.45) is 2.84. The van der Waals surface area contributed by atoms with Crippen LogP contribution in [0.25, 0.3) is 17.0 Å². The SMILES string of the molecule is Cc1nn(-c2ncnc3nc[nH]c23)c2c1C(c1ccc(F)cc1F)SCC(=O)N2. The van der Waals surface area contributed by atoms with Crippen LogP contribution in [0.1, 0.15) is 22.1 Å². The zero-order valence-electron chi connectivity index (χ0n) is 15.0. The van der Waals surface area contributed by atoms with E-state index in [-0.39, 0.29) is 17.2 Å². The number of amides is 1. The first-order chi connectivity index (χ1) is 14.0. The van der Waals surface area contributed by atoms with Crippen LogP contribution in [0, 0.1) is 18.6 Å². The highest BCUT2D eigenvalue weighted by atomic mass is 32.2. The van der Waals surface area contributed by atoms with E-state index in [0.29, 0.717) is 34.1 Å². The van der Waals surface area contributed by atoms with Crippen molar-refractivity contribution in [2.45, 2.75) is 12.2 Å². The standard InChI is InChI=1S/C18H13F2N7OS/c1-8-13-15(10-3-2-9(19)4-11(10)20)29-5-12(28)25-17(13)27(26-8)18-14-16(22-6-21-14)23-7-24-18/h2-4,6-7,15H,5H2,1H3,(H,25,28)(H,21,22,23,24). The van der Waals surface area contributed by atoms with Gasteiger partial charge in [0.2, 0.25) is 5.91 Å². The number of nitrogens with zero attached hydrogens (tertiary/aromatic N) is 5. The Kier molecular flexibility index (Phi) is 4.05. The molecule has 1 aliphatic heterocycles. The Morgan fingerprint density at radius 3 is 2.93 bits per heavy atom. The molecule has 0 saturated carbocycles. The minimum absolute atomic E-state index is 0.110. The van der Waals surface area contributed by atoms with Gasteiger partial charge < -0.3 is 10.3 Å². The van der Waals surface area contributed by atoms with Crippen LogP contribution < -0.4 is 5.32 Å². The van der Waals surface area contributed by atoms with Crippen molar-refractivity contribution < 1.29 is 13.6 Å². The second kappa shape index (κ2) is 6.62. The first-order valence-corrected chi connectivity index (χ1v) is 9.68. The van der Waals surface area contributed by atoms with Crippen molar-refractivity contribution >= 4 is 34.7 Å². The fourth-order valence-electron chi connectivity index (χ4n) is 3.41. The number of hydrogen-bond acceptors (Lipinski definition) is 6. The number of aromatic amines is 1. The van der Waals surface area contributed by atoms with Crippen molar-refractivity contribution in [1.82, 2.24) is 29.7 Å². The quantitative estimate of drug-likeness (QED) is 0.524. The topological polar surface area (TPSA) is 101 Å². The van der Waals surface area contributed by atoms with Gasteiger partial charge in [-0.05, 0) is 13.0 Å². The van der Waals surface area contributed by atoms with Gasteiger partial charge in [-0.1, -0.05) is 6.07 Å². The number of carbonyl (C=O) groups is 1. The van der Waals surface area contributed by atoms with Crippen molar-refractivity contribution in [2.24, 2.45) is 0 Å². The number of aryl methyl sites for hydroxylation is 1. The van der Waals surface area contributed by atoms with Gasteiger partial charge in [-0.25, -0.2) is 23.7 Å². The summed E-state index contributed by atoms with van der Waals surface area (Å²) in [4.78, 5) is 27.9. The highest BCUT2D eigenvalue weighted by molar-refractivity contribution is 8.00. The smallest absolute Gasteiger partial charge is 0.235 e. The first-order valence-electron chi connectivity index (χ1n) is 8.63. The summed E-state index contributed by atoms with van der Waals surface area (Å²) in [6.45, 7) is 1.77. The van der Waals surface area contributed by atoms with E-state index in [9.17, 15) is 13.6 Å². The zero-order valence-corrected chi connectivity index (χ0v) is 15.8. The average molecular weight is 413 g/mol. The molecular weight excluding hydrogens is 400 g/mol. The van der Waals surface area contributed by atoms with Crippen molar-refractivity contribution in [1.29, 1.82) is 0 Å². The number of nitrogens with one attached hydrogen (secondary N) is 2. The lowest BCUT2D eigenvalue weighted by molar-refractivity contribution is -0.113. The molecule has 1 amide bonds. The van der Waals surface area contributed by atoms with Crippen LogP contribution in [0.3, 0.4) is 0 Å². The number of hydrogen-bond donors (Lipinski definition) is 2. The number of halogens is 2. The molecular formula is C18H13F2N7OS.